The number of hydrogen-bond acceptors (Lipinski definition) is 4. The van der Waals surface area contributed by atoms with E-state index in [0.29, 0.717) is 11.6 Å². The molecule has 1 saturated carbocycles. The minimum Gasteiger partial charge on any atom is -0.478 e. The van der Waals surface area contributed by atoms with E-state index < -0.39 is 10.9 Å². The minimum atomic E-state index is -1.06. The number of hydrogen-bond donors (Lipinski definition) is 1. The molecule has 0 unspecified atom stereocenters. The Morgan fingerprint density at radius 3 is 2.65 bits per heavy atom. The molecule has 0 amide bonds. The second-order valence-corrected chi connectivity index (χ2v) is 5.29. The van der Waals surface area contributed by atoms with Crippen LogP contribution in [0.4, 0.5) is 11.4 Å². The van der Waals surface area contributed by atoms with Crippen LogP contribution in [-0.4, -0.2) is 29.6 Å². The van der Waals surface area contributed by atoms with Gasteiger partial charge in [-0.15, -0.1) is 0 Å². The molecule has 1 aromatic carbocycles. The van der Waals surface area contributed by atoms with Crippen molar-refractivity contribution >= 4 is 17.3 Å². The Hall–Kier alpha value is -2.11. The predicted molar refractivity (Wildman–Crippen MR) is 75.3 cm³/mol. The average molecular weight is 278 g/mol. The molecule has 0 heterocycles. The summed E-state index contributed by atoms with van der Waals surface area (Å²) in [6.45, 7) is 0.738. The first-order chi connectivity index (χ1) is 9.49. The van der Waals surface area contributed by atoms with E-state index in [1.165, 1.54) is 31.0 Å². The van der Waals surface area contributed by atoms with E-state index >= 15 is 0 Å². The van der Waals surface area contributed by atoms with Gasteiger partial charge in [0.05, 0.1) is 16.2 Å². The van der Waals surface area contributed by atoms with Crippen molar-refractivity contribution in [2.45, 2.75) is 25.7 Å². The third-order valence-corrected chi connectivity index (χ3v) is 3.84. The zero-order chi connectivity index (χ0) is 14.7. The molecule has 1 aliphatic carbocycles. The molecule has 0 aromatic heterocycles. The first kappa shape index (κ1) is 14.3. The Balaban J connectivity index is 2.28. The van der Waals surface area contributed by atoms with Crippen LogP contribution in [0.3, 0.4) is 0 Å². The second-order valence-electron chi connectivity index (χ2n) is 5.29. The number of benzene rings is 1. The number of non-ortho nitro benzene ring substituents is 1. The van der Waals surface area contributed by atoms with Gasteiger partial charge in [-0.2, -0.15) is 0 Å². The fraction of sp³-hybridized carbons (Fsp3) is 0.500. The number of nitrogens with zero attached hydrogens (tertiary/aromatic N) is 2. The molecule has 0 atom stereocenters. The highest BCUT2D eigenvalue weighted by Crippen LogP contribution is 2.30. The van der Waals surface area contributed by atoms with Crippen molar-refractivity contribution in [1.29, 1.82) is 0 Å². The molecule has 1 aliphatic rings. The van der Waals surface area contributed by atoms with Gasteiger partial charge < -0.3 is 10.0 Å². The third-order valence-electron chi connectivity index (χ3n) is 3.84. The quantitative estimate of drug-likeness (QED) is 0.661. The van der Waals surface area contributed by atoms with Crippen molar-refractivity contribution in [3.8, 4) is 0 Å². The first-order valence-electron chi connectivity index (χ1n) is 6.72. The van der Waals surface area contributed by atoms with E-state index in [2.05, 4.69) is 0 Å². The molecule has 6 heteroatoms. The Morgan fingerprint density at radius 2 is 2.10 bits per heavy atom. The molecule has 0 aliphatic heterocycles. The lowest BCUT2D eigenvalue weighted by atomic mass is 10.1. The summed E-state index contributed by atoms with van der Waals surface area (Å²) < 4.78 is 0. The van der Waals surface area contributed by atoms with Gasteiger partial charge in [0.2, 0.25) is 0 Å². The highest BCUT2D eigenvalue weighted by Gasteiger charge is 2.22. The lowest BCUT2D eigenvalue weighted by Crippen LogP contribution is -2.25. The number of carboxylic acid groups (broad SMARTS) is 1. The zero-order valence-electron chi connectivity index (χ0n) is 11.4. The largest absolute Gasteiger partial charge is 0.478 e. The van der Waals surface area contributed by atoms with E-state index in [0.717, 1.165) is 19.4 Å². The number of carbonyl (C=O) groups is 1. The van der Waals surface area contributed by atoms with Gasteiger partial charge >= 0.3 is 5.97 Å². The molecule has 1 N–H and O–H groups in total. The first-order valence-corrected chi connectivity index (χ1v) is 6.72. The van der Waals surface area contributed by atoms with Crippen LogP contribution in [0.15, 0.2) is 18.2 Å². The number of anilines is 1. The molecule has 6 nitrogen and oxygen atoms in total. The van der Waals surface area contributed by atoms with Gasteiger partial charge in [0, 0.05) is 25.7 Å². The van der Waals surface area contributed by atoms with Gasteiger partial charge in [0.1, 0.15) is 0 Å². The van der Waals surface area contributed by atoms with E-state index in [1.54, 1.807) is 7.05 Å². The molecular formula is C14H18N2O4. The van der Waals surface area contributed by atoms with Crippen LogP contribution in [0.1, 0.15) is 36.0 Å². The molecule has 0 spiro atoms. The molecule has 1 fully saturated rings. The summed E-state index contributed by atoms with van der Waals surface area (Å²) in [5.41, 5.74) is 0.443. The van der Waals surface area contributed by atoms with E-state index in [-0.39, 0.29) is 11.3 Å². The normalized spacial score (nSPS) is 15.2. The van der Waals surface area contributed by atoms with Crippen molar-refractivity contribution in [3.05, 3.63) is 33.9 Å². The summed E-state index contributed by atoms with van der Waals surface area (Å²) in [5.74, 6) is -0.519. The maximum atomic E-state index is 11.2. The van der Waals surface area contributed by atoms with Gasteiger partial charge in [-0.3, -0.25) is 10.1 Å². The molecule has 0 saturated heterocycles. The number of aromatic carboxylic acids is 1. The van der Waals surface area contributed by atoms with E-state index in [1.807, 2.05) is 4.90 Å². The predicted octanol–water partition coefficient (Wildman–Crippen LogP) is 2.92. The van der Waals surface area contributed by atoms with Gasteiger partial charge in [0.25, 0.3) is 5.69 Å². The molecule has 20 heavy (non-hydrogen) atoms. The van der Waals surface area contributed by atoms with Crippen LogP contribution >= 0.6 is 0 Å². The molecule has 2 rings (SSSR count). The maximum absolute atomic E-state index is 11.2. The maximum Gasteiger partial charge on any atom is 0.337 e. The van der Waals surface area contributed by atoms with Crippen LogP contribution in [0.2, 0.25) is 0 Å². The number of nitro benzene ring substituents is 1. The molecule has 0 radical (unpaired) electrons. The summed E-state index contributed by atoms with van der Waals surface area (Å²) in [4.78, 5) is 23.4. The third kappa shape index (κ3) is 3.07. The van der Waals surface area contributed by atoms with Crippen molar-refractivity contribution < 1.29 is 14.8 Å². The van der Waals surface area contributed by atoms with Crippen molar-refractivity contribution in [2.75, 3.05) is 18.5 Å². The fourth-order valence-corrected chi connectivity index (χ4v) is 2.81. The number of carboxylic acids is 1. The summed E-state index contributed by atoms with van der Waals surface area (Å²) in [6, 6.07) is 3.88. The highest BCUT2D eigenvalue weighted by atomic mass is 16.6. The van der Waals surface area contributed by atoms with Crippen LogP contribution in [-0.2, 0) is 0 Å². The SMILES string of the molecule is CN(CC1CCCC1)c1cc([N+](=O)[O-])ccc1C(=O)O. The monoisotopic (exact) mass is 278 g/mol. The minimum absolute atomic E-state index is 0.0803. The Labute approximate surface area is 117 Å². The van der Waals surface area contributed by atoms with E-state index in [9.17, 15) is 20.0 Å². The topological polar surface area (TPSA) is 83.7 Å². The van der Waals surface area contributed by atoms with Gasteiger partial charge in [-0.05, 0) is 24.8 Å². The Bertz CT molecular complexity index is 524. The summed E-state index contributed by atoms with van der Waals surface area (Å²) in [5, 5.41) is 20.0. The summed E-state index contributed by atoms with van der Waals surface area (Å²) in [7, 11) is 1.80. The fourth-order valence-electron chi connectivity index (χ4n) is 2.81. The Kier molecular flexibility index (Phi) is 4.22. The zero-order valence-corrected chi connectivity index (χ0v) is 11.4. The molecular weight excluding hydrogens is 260 g/mol. The van der Waals surface area contributed by atoms with E-state index in [4.69, 9.17) is 0 Å². The van der Waals surface area contributed by atoms with Crippen molar-refractivity contribution in [2.24, 2.45) is 5.92 Å². The van der Waals surface area contributed by atoms with Gasteiger partial charge in [-0.25, -0.2) is 4.79 Å². The average Bonchev–Trinajstić information content (AvgIpc) is 2.90. The van der Waals surface area contributed by atoms with Crippen molar-refractivity contribution in [1.82, 2.24) is 0 Å². The molecule has 108 valence electrons. The number of rotatable bonds is 5. The van der Waals surface area contributed by atoms with Gasteiger partial charge in [0.15, 0.2) is 0 Å². The smallest absolute Gasteiger partial charge is 0.337 e. The van der Waals surface area contributed by atoms with Gasteiger partial charge in [-0.1, -0.05) is 12.8 Å². The summed E-state index contributed by atoms with van der Waals surface area (Å²) in [6.07, 6.45) is 4.70. The summed E-state index contributed by atoms with van der Waals surface area (Å²) >= 11 is 0. The van der Waals surface area contributed by atoms with Crippen LogP contribution < -0.4 is 4.90 Å². The lowest BCUT2D eigenvalue weighted by molar-refractivity contribution is -0.384. The van der Waals surface area contributed by atoms with Crippen LogP contribution in [0.5, 0.6) is 0 Å². The molecule has 1 aromatic rings. The lowest BCUT2D eigenvalue weighted by Gasteiger charge is -2.24. The standard InChI is InChI=1S/C14H18N2O4/c1-15(9-10-4-2-3-5-10)13-8-11(16(19)20)6-7-12(13)14(17)18/h6-8,10H,2-5,9H2,1H3,(H,17,18). The van der Waals surface area contributed by atoms with Crippen LogP contribution in [0, 0.1) is 16.0 Å². The second kappa shape index (κ2) is 5.90. The van der Waals surface area contributed by atoms with Crippen LogP contribution in [0.25, 0.3) is 0 Å². The Morgan fingerprint density at radius 1 is 1.45 bits per heavy atom. The molecule has 0 bridgehead atoms. The highest BCUT2D eigenvalue weighted by molar-refractivity contribution is 5.95. The van der Waals surface area contributed by atoms with Crippen molar-refractivity contribution in [3.63, 3.8) is 0 Å². The number of nitro groups is 1.